The fourth-order valence-electron chi connectivity index (χ4n) is 3.78. The molecule has 88 valence electrons. The summed E-state index contributed by atoms with van der Waals surface area (Å²) in [6.45, 7) is 4.61. The quantitative estimate of drug-likeness (QED) is 0.710. The fraction of sp³-hybridized carbons (Fsp3) is 0.467. The van der Waals surface area contributed by atoms with E-state index < -0.39 is 0 Å². The molecular formula is C15H19N2+. The monoisotopic (exact) mass is 227 g/mol. The molecule has 0 unspecified atom stereocenters. The van der Waals surface area contributed by atoms with Gasteiger partial charge in [-0.1, -0.05) is 11.6 Å². The molecular weight excluding hydrogens is 208 g/mol. The Labute approximate surface area is 102 Å². The van der Waals surface area contributed by atoms with Crippen LogP contribution >= 0.6 is 0 Å². The van der Waals surface area contributed by atoms with Crippen LogP contribution < -0.4 is 5.32 Å². The van der Waals surface area contributed by atoms with Gasteiger partial charge in [-0.25, -0.2) is 0 Å². The lowest BCUT2D eigenvalue weighted by Gasteiger charge is -2.28. The number of quaternary nitrogens is 1. The van der Waals surface area contributed by atoms with Gasteiger partial charge >= 0.3 is 0 Å². The van der Waals surface area contributed by atoms with Gasteiger partial charge in [-0.2, -0.15) is 0 Å². The molecule has 2 nitrogen and oxygen atoms in total. The third-order valence-electron chi connectivity index (χ3n) is 4.50. The van der Waals surface area contributed by atoms with Crippen LogP contribution in [0.1, 0.15) is 35.6 Å². The smallest absolute Gasteiger partial charge is 0.155 e. The van der Waals surface area contributed by atoms with Crippen molar-refractivity contribution in [2.24, 2.45) is 0 Å². The minimum absolute atomic E-state index is 0.806. The first kappa shape index (κ1) is 9.72. The van der Waals surface area contributed by atoms with E-state index in [1.165, 1.54) is 42.3 Å². The largest absolute Gasteiger partial charge is 0.328 e. The minimum atomic E-state index is 0.806. The highest BCUT2D eigenvalue weighted by atomic mass is 15.2. The van der Waals surface area contributed by atoms with Gasteiger partial charge < -0.3 is 5.32 Å². The number of nitrogens with two attached hydrogens (primary N) is 1. The molecule has 0 fully saturated rings. The highest BCUT2D eigenvalue weighted by Gasteiger charge is 2.31. The number of aromatic nitrogens is 1. The molecule has 0 saturated heterocycles. The summed E-state index contributed by atoms with van der Waals surface area (Å²) in [6, 6.07) is 6.96. The molecule has 0 spiro atoms. The first-order chi connectivity index (χ1) is 8.34. The van der Waals surface area contributed by atoms with E-state index in [9.17, 15) is 0 Å². The van der Waals surface area contributed by atoms with Gasteiger partial charge in [0.05, 0.1) is 12.1 Å². The first-order valence-corrected chi connectivity index (χ1v) is 6.78. The maximum atomic E-state index is 2.57. The lowest BCUT2D eigenvalue weighted by atomic mass is 9.86. The molecule has 2 N–H and O–H groups in total. The van der Waals surface area contributed by atoms with Crippen molar-refractivity contribution >= 4 is 10.9 Å². The third kappa shape index (κ3) is 1.25. The van der Waals surface area contributed by atoms with E-state index in [4.69, 9.17) is 0 Å². The standard InChI is InChI=1S/C15H18N2/c1-10-5-6-14-13(7-10)12-4-2-3-11-8-16-9-17(14)15(11)12/h5-7,11,16H,2-4,8-9H2,1H3/p+1/t11-/m1/s1. The van der Waals surface area contributed by atoms with Gasteiger partial charge in [0.1, 0.15) is 0 Å². The highest BCUT2D eigenvalue weighted by molar-refractivity contribution is 5.86. The molecule has 1 aromatic heterocycles. The molecule has 2 aliphatic rings. The Bertz CT molecular complexity index is 592. The second-order valence-electron chi connectivity index (χ2n) is 5.61. The van der Waals surface area contributed by atoms with E-state index in [1.807, 2.05) is 0 Å². The van der Waals surface area contributed by atoms with Crippen LogP contribution in [-0.4, -0.2) is 11.1 Å². The second kappa shape index (κ2) is 3.36. The van der Waals surface area contributed by atoms with Crippen LogP contribution in [0.4, 0.5) is 0 Å². The van der Waals surface area contributed by atoms with Crippen molar-refractivity contribution in [2.75, 3.05) is 6.54 Å². The van der Waals surface area contributed by atoms with Crippen molar-refractivity contribution in [3.63, 3.8) is 0 Å². The van der Waals surface area contributed by atoms with Gasteiger partial charge in [-0.05, 0) is 43.9 Å². The van der Waals surface area contributed by atoms with E-state index in [1.54, 1.807) is 11.3 Å². The van der Waals surface area contributed by atoms with Crippen molar-refractivity contribution in [3.05, 3.63) is 35.0 Å². The molecule has 4 rings (SSSR count). The number of benzene rings is 1. The summed E-state index contributed by atoms with van der Waals surface area (Å²) in [5.74, 6) is 0.806. The maximum Gasteiger partial charge on any atom is 0.155 e. The Hall–Kier alpha value is -1.28. The highest BCUT2D eigenvalue weighted by Crippen LogP contribution is 2.38. The van der Waals surface area contributed by atoms with E-state index in [2.05, 4.69) is 35.0 Å². The SMILES string of the molecule is Cc1ccc2c(c1)c1c3n2C[NH2+]C[C@H]3CCC1. The summed E-state index contributed by atoms with van der Waals surface area (Å²) in [5.41, 5.74) is 6.18. The average molecular weight is 227 g/mol. The lowest BCUT2D eigenvalue weighted by Crippen LogP contribution is -2.86. The molecule has 1 aliphatic heterocycles. The number of aryl methyl sites for hydroxylation is 2. The molecule has 2 heteroatoms. The zero-order valence-corrected chi connectivity index (χ0v) is 10.4. The average Bonchev–Trinajstić information content (AvgIpc) is 2.67. The predicted molar refractivity (Wildman–Crippen MR) is 69.1 cm³/mol. The summed E-state index contributed by atoms with van der Waals surface area (Å²) in [4.78, 5) is 0. The van der Waals surface area contributed by atoms with Crippen molar-refractivity contribution in [2.45, 2.75) is 38.8 Å². The third-order valence-corrected chi connectivity index (χ3v) is 4.50. The number of fused-ring (bicyclic) bond motifs is 3. The van der Waals surface area contributed by atoms with Crippen LogP contribution in [0.5, 0.6) is 0 Å². The molecule has 17 heavy (non-hydrogen) atoms. The van der Waals surface area contributed by atoms with Gasteiger partial charge in [-0.3, -0.25) is 4.57 Å². The molecule has 1 atom stereocenters. The Morgan fingerprint density at radius 1 is 1.35 bits per heavy atom. The van der Waals surface area contributed by atoms with Crippen LogP contribution in [0.3, 0.4) is 0 Å². The van der Waals surface area contributed by atoms with E-state index in [0.717, 1.165) is 12.6 Å². The van der Waals surface area contributed by atoms with Gasteiger partial charge in [0.2, 0.25) is 0 Å². The van der Waals surface area contributed by atoms with Crippen LogP contribution in [0, 0.1) is 6.92 Å². The molecule has 1 aromatic carbocycles. The molecule has 1 aliphatic carbocycles. The number of nitrogens with zero attached hydrogens (tertiary/aromatic N) is 1. The van der Waals surface area contributed by atoms with Gasteiger partial charge in [0, 0.05) is 17.0 Å². The van der Waals surface area contributed by atoms with Crippen molar-refractivity contribution in [1.29, 1.82) is 0 Å². The molecule has 0 saturated carbocycles. The molecule has 2 heterocycles. The van der Waals surface area contributed by atoms with Crippen LogP contribution in [0.25, 0.3) is 10.9 Å². The van der Waals surface area contributed by atoms with Gasteiger partial charge in [0.15, 0.2) is 6.67 Å². The van der Waals surface area contributed by atoms with Gasteiger partial charge in [0.25, 0.3) is 0 Å². The summed E-state index contributed by atoms with van der Waals surface area (Å²) >= 11 is 0. The van der Waals surface area contributed by atoms with Crippen LogP contribution in [0.15, 0.2) is 18.2 Å². The normalized spacial score (nSPS) is 22.8. The fourth-order valence-corrected chi connectivity index (χ4v) is 3.78. The Morgan fingerprint density at radius 2 is 2.29 bits per heavy atom. The van der Waals surface area contributed by atoms with E-state index in [0.29, 0.717) is 0 Å². The summed E-state index contributed by atoms with van der Waals surface area (Å²) in [7, 11) is 0. The zero-order valence-electron chi connectivity index (χ0n) is 10.4. The molecule has 2 aromatic rings. The Morgan fingerprint density at radius 3 is 3.24 bits per heavy atom. The van der Waals surface area contributed by atoms with E-state index >= 15 is 0 Å². The van der Waals surface area contributed by atoms with Gasteiger partial charge in [-0.15, -0.1) is 0 Å². The minimum Gasteiger partial charge on any atom is -0.328 e. The van der Waals surface area contributed by atoms with E-state index in [-0.39, 0.29) is 0 Å². The lowest BCUT2D eigenvalue weighted by molar-refractivity contribution is -0.691. The summed E-state index contributed by atoms with van der Waals surface area (Å²) < 4.78 is 2.57. The van der Waals surface area contributed by atoms with Crippen LogP contribution in [0.2, 0.25) is 0 Å². The van der Waals surface area contributed by atoms with Crippen LogP contribution in [-0.2, 0) is 13.1 Å². The summed E-state index contributed by atoms with van der Waals surface area (Å²) in [5, 5.41) is 3.99. The Kier molecular flexibility index (Phi) is 1.92. The second-order valence-corrected chi connectivity index (χ2v) is 5.61. The zero-order chi connectivity index (χ0) is 11.4. The maximum absolute atomic E-state index is 2.57. The first-order valence-electron chi connectivity index (χ1n) is 6.78. The molecule has 0 bridgehead atoms. The summed E-state index contributed by atoms with van der Waals surface area (Å²) in [6.07, 6.45) is 4.05. The topological polar surface area (TPSA) is 21.5 Å². The Balaban J connectivity index is 2.11. The molecule has 0 amide bonds. The number of hydrogen-bond donors (Lipinski definition) is 1. The number of hydrogen-bond acceptors (Lipinski definition) is 0. The van der Waals surface area contributed by atoms with Crippen molar-refractivity contribution in [3.8, 4) is 0 Å². The predicted octanol–water partition coefficient (Wildman–Crippen LogP) is 1.90. The number of rotatable bonds is 0. The van der Waals surface area contributed by atoms with Crippen molar-refractivity contribution < 1.29 is 5.32 Å². The molecule has 0 radical (unpaired) electrons. The van der Waals surface area contributed by atoms with Crippen molar-refractivity contribution in [1.82, 2.24) is 4.57 Å².